The van der Waals surface area contributed by atoms with E-state index < -0.39 is 0 Å². The van der Waals surface area contributed by atoms with E-state index in [1.807, 2.05) is 0 Å². The molecule has 0 bridgehead atoms. The van der Waals surface area contributed by atoms with Crippen molar-refractivity contribution in [3.05, 3.63) is 40.2 Å². The van der Waals surface area contributed by atoms with Crippen molar-refractivity contribution in [2.45, 2.75) is 44.3 Å². The Hall–Kier alpha value is -3.44. The van der Waals surface area contributed by atoms with Gasteiger partial charge in [0, 0.05) is 31.8 Å². The van der Waals surface area contributed by atoms with Crippen molar-refractivity contribution in [2.24, 2.45) is 0 Å². The van der Waals surface area contributed by atoms with E-state index in [0.29, 0.717) is 52.1 Å². The number of nitrogens with one attached hydrogen (secondary N) is 3. The van der Waals surface area contributed by atoms with Crippen LogP contribution in [0, 0.1) is 22.7 Å². The third-order valence-corrected chi connectivity index (χ3v) is 6.17. The molecule has 2 aromatic heterocycles. The highest BCUT2D eigenvalue weighted by Gasteiger charge is 2.24. The molecule has 0 spiro atoms. The van der Waals surface area contributed by atoms with Crippen LogP contribution in [-0.2, 0) is 11.3 Å². The van der Waals surface area contributed by atoms with Crippen LogP contribution in [0.2, 0.25) is 5.02 Å². The molecule has 3 heterocycles. The van der Waals surface area contributed by atoms with Crippen molar-refractivity contribution >= 4 is 34.7 Å². The monoisotopic (exact) mass is 463 g/mol. The predicted molar refractivity (Wildman–Crippen MR) is 122 cm³/mol. The predicted octanol–water partition coefficient (Wildman–Crippen LogP) is 3.11. The average molecular weight is 464 g/mol. The first-order chi connectivity index (χ1) is 16.1. The van der Waals surface area contributed by atoms with Crippen LogP contribution >= 0.6 is 11.6 Å². The Labute approximate surface area is 195 Å². The largest absolute Gasteiger partial charge is 0.381 e. The maximum Gasteiger partial charge on any atom is 0.247 e. The lowest BCUT2D eigenvalue weighted by Crippen LogP contribution is -2.34. The fraction of sp³-hybridized carbons (Fsp3) is 0.409. The van der Waals surface area contributed by atoms with Gasteiger partial charge in [-0.25, -0.2) is 4.98 Å². The molecule has 10 nitrogen and oxygen atoms in total. The molecule has 168 valence electrons. The Morgan fingerprint density at radius 1 is 1.12 bits per heavy atom. The lowest BCUT2D eigenvalue weighted by atomic mass is 10.1. The lowest BCUT2D eigenvalue weighted by molar-refractivity contribution is 0.0776. The molecule has 3 N–H and O–H groups in total. The van der Waals surface area contributed by atoms with Crippen LogP contribution in [0.5, 0.6) is 0 Å². The van der Waals surface area contributed by atoms with Gasteiger partial charge < -0.3 is 20.7 Å². The van der Waals surface area contributed by atoms with Crippen LogP contribution in [0.4, 0.5) is 17.5 Å². The van der Waals surface area contributed by atoms with Crippen molar-refractivity contribution in [2.75, 3.05) is 23.8 Å². The topological polar surface area (TPSA) is 136 Å². The van der Waals surface area contributed by atoms with Gasteiger partial charge in [-0.15, -0.1) is 5.10 Å². The number of halogens is 1. The van der Waals surface area contributed by atoms with Gasteiger partial charge in [-0.1, -0.05) is 11.6 Å². The molecule has 11 heteroatoms. The van der Waals surface area contributed by atoms with E-state index in [1.54, 1.807) is 12.1 Å². The summed E-state index contributed by atoms with van der Waals surface area (Å²) in [5.74, 6) is 0.797. The lowest BCUT2D eigenvalue weighted by Gasteiger charge is -2.23. The summed E-state index contributed by atoms with van der Waals surface area (Å²) in [6.07, 6.45) is 5.47. The first-order valence-electron chi connectivity index (χ1n) is 10.9. The van der Waals surface area contributed by atoms with Gasteiger partial charge in [0.25, 0.3) is 0 Å². The van der Waals surface area contributed by atoms with Crippen LogP contribution in [0.3, 0.4) is 0 Å². The fourth-order valence-corrected chi connectivity index (χ4v) is 4.00. The maximum absolute atomic E-state index is 9.54. The zero-order chi connectivity index (χ0) is 22.8. The minimum absolute atomic E-state index is 0.250. The van der Waals surface area contributed by atoms with E-state index >= 15 is 0 Å². The highest BCUT2D eigenvalue weighted by Crippen LogP contribution is 2.31. The first kappa shape index (κ1) is 21.4. The van der Waals surface area contributed by atoms with Gasteiger partial charge in [0.1, 0.15) is 6.07 Å². The number of hydrogen-bond donors (Lipinski definition) is 3. The summed E-state index contributed by atoms with van der Waals surface area (Å²) in [4.78, 5) is 8.86. The van der Waals surface area contributed by atoms with Gasteiger partial charge in [0.2, 0.25) is 5.95 Å². The van der Waals surface area contributed by atoms with Crippen molar-refractivity contribution in [3.63, 3.8) is 0 Å². The molecule has 0 unspecified atom stereocenters. The number of benzene rings is 1. The number of rotatable bonds is 7. The second-order valence-corrected chi connectivity index (χ2v) is 8.57. The number of anilines is 3. The second-order valence-electron chi connectivity index (χ2n) is 8.19. The van der Waals surface area contributed by atoms with E-state index in [9.17, 15) is 10.5 Å². The summed E-state index contributed by atoms with van der Waals surface area (Å²) in [6, 6.07) is 8.43. The SMILES string of the molecule is N#Cc1cc(CNC2CCOCC2)c(Cl)c(Nc2nc(NC3CC3)c3ncc(C#N)n3n2)c1. The third kappa shape index (κ3) is 4.69. The smallest absolute Gasteiger partial charge is 0.247 e. The summed E-state index contributed by atoms with van der Waals surface area (Å²) < 4.78 is 6.87. The molecule has 5 rings (SSSR count). The number of fused-ring (bicyclic) bond motifs is 1. The third-order valence-electron chi connectivity index (χ3n) is 5.72. The van der Waals surface area contributed by atoms with Crippen molar-refractivity contribution in [1.29, 1.82) is 10.5 Å². The minimum Gasteiger partial charge on any atom is -0.381 e. The summed E-state index contributed by atoms with van der Waals surface area (Å²) in [5.41, 5.74) is 2.59. The summed E-state index contributed by atoms with van der Waals surface area (Å²) in [5, 5.41) is 33.9. The van der Waals surface area contributed by atoms with Crippen LogP contribution in [-0.4, -0.2) is 44.9 Å². The van der Waals surface area contributed by atoms with Crippen molar-refractivity contribution in [3.8, 4) is 12.1 Å². The molecule has 2 aliphatic rings. The van der Waals surface area contributed by atoms with Gasteiger partial charge in [0.15, 0.2) is 17.2 Å². The number of aromatic nitrogens is 4. The second kappa shape index (κ2) is 9.20. The Bertz CT molecular complexity index is 1270. The zero-order valence-corrected chi connectivity index (χ0v) is 18.6. The summed E-state index contributed by atoms with van der Waals surface area (Å²) in [6.45, 7) is 2.01. The van der Waals surface area contributed by atoms with Gasteiger partial charge in [-0.2, -0.15) is 20.0 Å². The molecule has 0 radical (unpaired) electrons. The van der Waals surface area contributed by atoms with Gasteiger partial charge >= 0.3 is 0 Å². The fourth-order valence-electron chi connectivity index (χ4n) is 3.77. The van der Waals surface area contributed by atoms with Crippen LogP contribution in [0.15, 0.2) is 18.3 Å². The molecule has 1 aliphatic carbocycles. The molecule has 2 fully saturated rings. The van der Waals surface area contributed by atoms with E-state index in [1.165, 1.54) is 10.7 Å². The number of nitriles is 2. The molecule has 1 aromatic carbocycles. The molecule has 33 heavy (non-hydrogen) atoms. The Morgan fingerprint density at radius 3 is 2.67 bits per heavy atom. The van der Waals surface area contributed by atoms with E-state index in [2.05, 4.69) is 43.2 Å². The molecule has 1 aliphatic heterocycles. The number of nitrogens with zero attached hydrogens (tertiary/aromatic N) is 6. The van der Waals surface area contributed by atoms with Gasteiger partial charge in [0.05, 0.1) is 28.5 Å². The Kier molecular flexibility index (Phi) is 5.97. The van der Waals surface area contributed by atoms with E-state index in [0.717, 1.165) is 44.5 Å². The van der Waals surface area contributed by atoms with E-state index in [4.69, 9.17) is 16.3 Å². The number of imidazole rings is 1. The minimum atomic E-state index is 0.250. The van der Waals surface area contributed by atoms with Crippen LogP contribution < -0.4 is 16.0 Å². The standard InChI is InChI=1S/C22H22ClN9O/c23-19-14(11-26-15-3-5-33-6-4-15)7-13(9-24)8-18(19)29-22-30-20(28-16-1-2-16)21-27-12-17(10-25)32(21)31-22/h7-8,12,15-16,26H,1-6,11H2,(H2,28,29,30,31). The van der Waals surface area contributed by atoms with Crippen molar-refractivity contribution in [1.82, 2.24) is 24.9 Å². The van der Waals surface area contributed by atoms with Gasteiger partial charge in [-0.05, 0) is 43.4 Å². The highest BCUT2D eigenvalue weighted by atomic mass is 35.5. The average Bonchev–Trinajstić information content (AvgIpc) is 3.56. The quantitative estimate of drug-likeness (QED) is 0.482. The Morgan fingerprint density at radius 2 is 1.94 bits per heavy atom. The molecule has 0 atom stereocenters. The molecule has 3 aromatic rings. The number of ether oxygens (including phenoxy) is 1. The highest BCUT2D eigenvalue weighted by molar-refractivity contribution is 6.34. The van der Waals surface area contributed by atoms with Crippen LogP contribution in [0.1, 0.15) is 42.5 Å². The maximum atomic E-state index is 9.54. The molecular formula is C22H22ClN9O. The van der Waals surface area contributed by atoms with E-state index in [-0.39, 0.29) is 5.95 Å². The first-order valence-corrected chi connectivity index (χ1v) is 11.3. The molecular weight excluding hydrogens is 442 g/mol. The van der Waals surface area contributed by atoms with Crippen LogP contribution in [0.25, 0.3) is 5.65 Å². The summed E-state index contributed by atoms with van der Waals surface area (Å²) in [7, 11) is 0. The number of hydrogen-bond acceptors (Lipinski definition) is 9. The van der Waals surface area contributed by atoms with Gasteiger partial charge in [-0.3, -0.25) is 0 Å². The summed E-state index contributed by atoms with van der Waals surface area (Å²) >= 11 is 6.72. The molecule has 1 saturated heterocycles. The molecule has 1 saturated carbocycles. The van der Waals surface area contributed by atoms with Crippen molar-refractivity contribution < 1.29 is 4.74 Å². The zero-order valence-electron chi connectivity index (χ0n) is 17.8. The normalized spacial score (nSPS) is 16.3. The Balaban J connectivity index is 1.45. The molecule has 0 amide bonds.